The lowest BCUT2D eigenvalue weighted by atomic mass is 9.77. The molecule has 1 spiro atoms. The van der Waals surface area contributed by atoms with Crippen LogP contribution in [0.1, 0.15) is 22.3 Å². The first-order valence-corrected chi connectivity index (χ1v) is 11.4. The zero-order chi connectivity index (χ0) is 25.0. The Morgan fingerprint density at radius 1 is 0.667 bits per heavy atom. The second-order valence-electron chi connectivity index (χ2n) is 9.75. The quantitative estimate of drug-likeness (QED) is 0.412. The van der Waals surface area contributed by atoms with Crippen molar-refractivity contribution in [1.82, 2.24) is 0 Å². The number of anilines is 2. The Bertz CT molecular complexity index is 1350. The standard InChI is InChI=1S/C26H18F6N2O2/c27-18-5-16-22(7-20(18)33-10-24(29,30)11-33)36-23-8-21(34-12-25(31,32)13-34)19(28)6-17(23)26(16)15-4-2-1-3-14(15)9-35-26/h1-8H,9-13H2. The number of hydrogen-bond donors (Lipinski definition) is 0. The van der Waals surface area contributed by atoms with Crippen LogP contribution in [0.25, 0.3) is 0 Å². The molecular weight excluding hydrogens is 486 g/mol. The molecule has 3 aromatic rings. The number of halogens is 6. The number of benzene rings is 3. The maximum absolute atomic E-state index is 15.3. The van der Waals surface area contributed by atoms with Crippen LogP contribution in [0.3, 0.4) is 0 Å². The zero-order valence-corrected chi connectivity index (χ0v) is 18.6. The molecule has 0 amide bonds. The molecule has 7 rings (SSSR count). The molecule has 0 aromatic heterocycles. The molecule has 4 aliphatic rings. The molecule has 2 fully saturated rings. The van der Waals surface area contributed by atoms with E-state index >= 15 is 8.78 Å². The Hall–Kier alpha value is -3.40. The summed E-state index contributed by atoms with van der Waals surface area (Å²) in [6, 6.07) is 12.3. The van der Waals surface area contributed by atoms with E-state index in [1.807, 2.05) is 12.1 Å². The monoisotopic (exact) mass is 504 g/mol. The normalized spacial score (nSPS) is 21.7. The molecule has 4 nitrogen and oxygen atoms in total. The van der Waals surface area contributed by atoms with E-state index in [9.17, 15) is 17.6 Å². The van der Waals surface area contributed by atoms with Crippen LogP contribution in [0, 0.1) is 11.6 Å². The summed E-state index contributed by atoms with van der Waals surface area (Å²) in [6.07, 6.45) is 0. The van der Waals surface area contributed by atoms with Crippen molar-refractivity contribution in [3.63, 3.8) is 0 Å². The summed E-state index contributed by atoms with van der Waals surface area (Å²) >= 11 is 0. The third-order valence-corrected chi connectivity index (χ3v) is 7.29. The van der Waals surface area contributed by atoms with E-state index < -0.39 is 55.3 Å². The lowest BCUT2D eigenvalue weighted by Crippen LogP contribution is -2.56. The molecule has 4 aliphatic heterocycles. The van der Waals surface area contributed by atoms with Crippen molar-refractivity contribution >= 4 is 11.4 Å². The summed E-state index contributed by atoms with van der Waals surface area (Å²) in [5, 5.41) is 0. The maximum Gasteiger partial charge on any atom is 0.282 e. The van der Waals surface area contributed by atoms with Crippen molar-refractivity contribution in [1.29, 1.82) is 0 Å². The highest BCUT2D eigenvalue weighted by atomic mass is 19.3. The molecule has 0 radical (unpaired) electrons. The number of rotatable bonds is 2. The Labute approximate surface area is 201 Å². The van der Waals surface area contributed by atoms with E-state index in [1.54, 1.807) is 12.1 Å². The van der Waals surface area contributed by atoms with Gasteiger partial charge < -0.3 is 19.3 Å². The largest absolute Gasteiger partial charge is 0.456 e. The van der Waals surface area contributed by atoms with Crippen LogP contribution in [-0.4, -0.2) is 38.0 Å². The molecule has 186 valence electrons. The molecule has 0 bridgehead atoms. The van der Waals surface area contributed by atoms with E-state index in [0.717, 1.165) is 5.56 Å². The first-order valence-electron chi connectivity index (χ1n) is 11.4. The second-order valence-corrected chi connectivity index (χ2v) is 9.75. The van der Waals surface area contributed by atoms with Gasteiger partial charge in [0.25, 0.3) is 11.8 Å². The van der Waals surface area contributed by atoms with Gasteiger partial charge in [0, 0.05) is 23.3 Å². The van der Waals surface area contributed by atoms with Gasteiger partial charge in [0.15, 0.2) is 5.60 Å². The molecule has 0 N–H and O–H groups in total. The third kappa shape index (κ3) is 2.93. The molecule has 0 atom stereocenters. The Kier molecular flexibility index (Phi) is 4.17. The van der Waals surface area contributed by atoms with Crippen LogP contribution in [0.4, 0.5) is 37.7 Å². The van der Waals surface area contributed by atoms with Crippen molar-refractivity contribution in [2.75, 3.05) is 36.0 Å². The summed E-state index contributed by atoms with van der Waals surface area (Å²) in [7, 11) is 0. The highest BCUT2D eigenvalue weighted by molar-refractivity contribution is 5.70. The summed E-state index contributed by atoms with van der Waals surface area (Å²) in [4.78, 5) is 2.42. The van der Waals surface area contributed by atoms with E-state index in [4.69, 9.17) is 9.47 Å². The molecule has 0 saturated carbocycles. The van der Waals surface area contributed by atoms with Gasteiger partial charge in [-0.2, -0.15) is 0 Å². The molecule has 10 heteroatoms. The maximum atomic E-state index is 15.3. The Morgan fingerprint density at radius 2 is 1.17 bits per heavy atom. The van der Waals surface area contributed by atoms with E-state index in [2.05, 4.69) is 0 Å². The van der Waals surface area contributed by atoms with E-state index in [0.29, 0.717) is 5.56 Å². The smallest absolute Gasteiger partial charge is 0.282 e. The molecule has 4 heterocycles. The average molecular weight is 504 g/mol. The number of ether oxygens (including phenoxy) is 2. The highest BCUT2D eigenvalue weighted by Gasteiger charge is 2.52. The van der Waals surface area contributed by atoms with Crippen molar-refractivity contribution in [2.45, 2.75) is 24.1 Å². The fraction of sp³-hybridized carbons (Fsp3) is 0.308. The number of hydrogen-bond acceptors (Lipinski definition) is 4. The van der Waals surface area contributed by atoms with Gasteiger partial charge in [-0.1, -0.05) is 24.3 Å². The molecule has 3 aromatic carbocycles. The predicted molar refractivity (Wildman–Crippen MR) is 118 cm³/mol. The summed E-state index contributed by atoms with van der Waals surface area (Å²) in [5.41, 5.74) is 0.516. The van der Waals surface area contributed by atoms with Gasteiger partial charge in [0.1, 0.15) is 23.1 Å². The van der Waals surface area contributed by atoms with Gasteiger partial charge in [-0.15, -0.1) is 0 Å². The average Bonchev–Trinajstić information content (AvgIpc) is 3.17. The van der Waals surface area contributed by atoms with Gasteiger partial charge in [-0.25, -0.2) is 26.3 Å². The van der Waals surface area contributed by atoms with Crippen LogP contribution in [0.2, 0.25) is 0 Å². The summed E-state index contributed by atoms with van der Waals surface area (Å²) < 4.78 is 96.9. The minimum Gasteiger partial charge on any atom is -0.456 e. The lowest BCUT2D eigenvalue weighted by Gasteiger charge is -2.43. The van der Waals surface area contributed by atoms with Gasteiger partial charge in [0.2, 0.25) is 0 Å². The first kappa shape index (κ1) is 21.8. The Balaban J connectivity index is 1.41. The van der Waals surface area contributed by atoms with Crippen molar-refractivity contribution in [3.8, 4) is 11.5 Å². The van der Waals surface area contributed by atoms with Crippen LogP contribution in [-0.2, 0) is 16.9 Å². The number of nitrogens with zero attached hydrogens (tertiary/aromatic N) is 2. The summed E-state index contributed by atoms with van der Waals surface area (Å²) in [5.74, 6) is -6.95. The van der Waals surface area contributed by atoms with Crippen LogP contribution < -0.4 is 14.5 Å². The number of alkyl halides is 4. The fourth-order valence-corrected chi connectivity index (χ4v) is 5.62. The zero-order valence-electron chi connectivity index (χ0n) is 18.6. The van der Waals surface area contributed by atoms with Gasteiger partial charge >= 0.3 is 0 Å². The SMILES string of the molecule is Fc1cc2c(cc1N1CC(F)(F)C1)Oc1cc(N3CC(F)(F)C3)c(F)cc1C21OCc2ccccc21. The third-order valence-electron chi connectivity index (χ3n) is 7.29. The van der Waals surface area contributed by atoms with E-state index in [1.165, 1.54) is 34.1 Å². The van der Waals surface area contributed by atoms with Crippen LogP contribution >= 0.6 is 0 Å². The minimum atomic E-state index is -2.91. The first-order chi connectivity index (χ1) is 17.1. The minimum absolute atomic E-state index is 0.0470. The molecular formula is C26H18F6N2O2. The van der Waals surface area contributed by atoms with Gasteiger partial charge in [-0.05, 0) is 23.3 Å². The van der Waals surface area contributed by atoms with Gasteiger partial charge in [0.05, 0.1) is 44.2 Å². The van der Waals surface area contributed by atoms with Crippen LogP contribution in [0.5, 0.6) is 11.5 Å². The topological polar surface area (TPSA) is 24.9 Å². The van der Waals surface area contributed by atoms with Crippen LogP contribution in [0.15, 0.2) is 48.5 Å². The fourth-order valence-electron chi connectivity index (χ4n) is 5.62. The molecule has 36 heavy (non-hydrogen) atoms. The molecule has 2 saturated heterocycles. The summed E-state index contributed by atoms with van der Waals surface area (Å²) in [6.45, 7) is -2.33. The lowest BCUT2D eigenvalue weighted by molar-refractivity contribution is -0.0272. The van der Waals surface area contributed by atoms with Gasteiger partial charge in [-0.3, -0.25) is 0 Å². The highest BCUT2D eigenvalue weighted by Crippen LogP contribution is 2.58. The van der Waals surface area contributed by atoms with Crippen molar-refractivity contribution in [2.24, 2.45) is 0 Å². The second kappa shape index (κ2) is 6.88. The van der Waals surface area contributed by atoms with Crippen molar-refractivity contribution < 1.29 is 35.8 Å². The molecule has 0 aliphatic carbocycles. The number of fused-ring (bicyclic) bond motifs is 6. The predicted octanol–water partition coefficient (Wildman–Crippen LogP) is 5.80. The molecule has 0 unspecified atom stereocenters. The van der Waals surface area contributed by atoms with E-state index in [-0.39, 0.29) is 40.6 Å². The van der Waals surface area contributed by atoms with Crippen molar-refractivity contribution in [3.05, 3.63) is 82.4 Å². The Morgan fingerprint density at radius 3 is 1.67 bits per heavy atom.